The van der Waals surface area contributed by atoms with Crippen molar-refractivity contribution in [2.75, 3.05) is 0 Å². The summed E-state index contributed by atoms with van der Waals surface area (Å²) in [7, 11) is 1.72. The van der Waals surface area contributed by atoms with Crippen molar-refractivity contribution in [3.05, 3.63) is 34.4 Å². The van der Waals surface area contributed by atoms with Gasteiger partial charge in [0.15, 0.2) is 5.78 Å². The normalized spacial score (nSPS) is 16.3. The minimum Gasteiger partial charge on any atom is -0.481 e. The van der Waals surface area contributed by atoms with Crippen LogP contribution in [0.2, 0.25) is 0 Å². The van der Waals surface area contributed by atoms with Crippen molar-refractivity contribution in [2.24, 2.45) is 11.3 Å². The van der Waals surface area contributed by atoms with E-state index in [1.54, 1.807) is 9.12 Å². The lowest BCUT2D eigenvalue weighted by atomic mass is 9.66. The summed E-state index contributed by atoms with van der Waals surface area (Å²) in [5, 5.41) is 9.92. The molecule has 1 aliphatic carbocycles. The molecule has 0 spiro atoms. The first-order valence-corrected chi connectivity index (χ1v) is 10.3. The average Bonchev–Trinajstić information content (AvgIpc) is 3.10. The predicted molar refractivity (Wildman–Crippen MR) is 110 cm³/mol. The lowest BCUT2D eigenvalue weighted by Gasteiger charge is -2.35. The highest BCUT2D eigenvalue weighted by Gasteiger charge is 2.50. The summed E-state index contributed by atoms with van der Waals surface area (Å²) in [6.45, 7) is 8.10. The van der Waals surface area contributed by atoms with Gasteiger partial charge in [-0.05, 0) is 51.2 Å². The molecule has 1 aliphatic rings. The molecule has 0 aromatic heterocycles. The first-order valence-electron chi connectivity index (χ1n) is 9.89. The second-order valence-corrected chi connectivity index (χ2v) is 7.85. The van der Waals surface area contributed by atoms with Crippen LogP contribution >= 0.6 is 9.12 Å². The lowest BCUT2D eigenvalue weighted by molar-refractivity contribution is -0.146. The zero-order valence-corrected chi connectivity index (χ0v) is 18.1. The molecule has 1 saturated carbocycles. The topological polar surface area (TPSA) is 71.4 Å². The Bertz CT molecular complexity index is 639. The summed E-state index contributed by atoms with van der Waals surface area (Å²) in [5.74, 6) is -1.29. The summed E-state index contributed by atoms with van der Waals surface area (Å²) in [5.41, 5.74) is 3.14. The van der Waals surface area contributed by atoms with Gasteiger partial charge in [0.05, 0.1) is 5.92 Å². The van der Waals surface area contributed by atoms with Gasteiger partial charge in [0.1, 0.15) is 9.12 Å². The highest BCUT2D eigenvalue weighted by molar-refractivity contribution is 7.00. The van der Waals surface area contributed by atoms with E-state index >= 15 is 0 Å². The molecule has 1 aromatic carbocycles. The number of aliphatic carboxylic acids is 1. The molecular weight excluding hydrogens is 359 g/mol. The first-order chi connectivity index (χ1) is 12.8. The van der Waals surface area contributed by atoms with Crippen LogP contribution in [0.3, 0.4) is 0 Å². The van der Waals surface area contributed by atoms with Crippen LogP contribution in [0.1, 0.15) is 85.3 Å². The maximum Gasteiger partial charge on any atom is 0.307 e. The number of rotatable bonds is 8. The second-order valence-electron chi connectivity index (χ2n) is 7.85. The van der Waals surface area contributed by atoms with E-state index in [1.807, 2.05) is 32.9 Å². The summed E-state index contributed by atoms with van der Waals surface area (Å²) in [6.07, 6.45) is 6.90. The molecular formula is C22H33O4P. The molecule has 0 heterocycles. The van der Waals surface area contributed by atoms with Crippen LogP contribution in [-0.2, 0) is 9.36 Å². The molecule has 0 radical (unpaired) electrons. The number of hydrogen-bond acceptors (Lipinski definition) is 3. The lowest BCUT2D eigenvalue weighted by Crippen LogP contribution is -2.41. The Hall–Kier alpha value is -1.54. The third-order valence-corrected chi connectivity index (χ3v) is 5.91. The zero-order valence-electron chi connectivity index (χ0n) is 17.1. The number of unbranched alkanes of at least 4 members (excludes halogenated alkanes) is 2. The smallest absolute Gasteiger partial charge is 0.307 e. The summed E-state index contributed by atoms with van der Waals surface area (Å²) < 4.78 is 8.06. The average molecular weight is 392 g/mol. The zero-order chi connectivity index (χ0) is 20.6. The van der Waals surface area contributed by atoms with Crippen LogP contribution in [-0.4, -0.2) is 16.9 Å². The van der Waals surface area contributed by atoms with E-state index in [2.05, 4.69) is 6.92 Å². The summed E-state index contributed by atoms with van der Waals surface area (Å²) in [4.78, 5) is 25.7. The van der Waals surface area contributed by atoms with Gasteiger partial charge >= 0.3 is 5.97 Å². The standard InChI is InChI=1S/C22H32O3.HOP/c1-5-6-7-10-18(21(24)25)22(11-8-9-12-22)20(23)19-16(3)13-15(2)14-17(19)4;1-2/h13-14,18H,5-12H2,1-4H3,(H,24,25);2H. The molecule has 150 valence electrons. The van der Waals surface area contributed by atoms with Crippen molar-refractivity contribution in [1.82, 2.24) is 0 Å². The number of hydrogen-bond donors (Lipinski definition) is 1. The van der Waals surface area contributed by atoms with E-state index in [4.69, 9.17) is 4.57 Å². The minimum atomic E-state index is -0.797. The number of benzene rings is 1. The minimum absolute atomic E-state index is 0.0731. The largest absolute Gasteiger partial charge is 0.481 e. The maximum atomic E-state index is 13.6. The van der Waals surface area contributed by atoms with Crippen molar-refractivity contribution in [3.63, 3.8) is 0 Å². The molecule has 1 aromatic rings. The molecule has 1 unspecified atom stereocenters. The van der Waals surface area contributed by atoms with Crippen molar-refractivity contribution in [3.8, 4) is 0 Å². The van der Waals surface area contributed by atoms with Crippen LogP contribution < -0.4 is 0 Å². The summed E-state index contributed by atoms with van der Waals surface area (Å²) in [6, 6.07) is 4.07. The molecule has 1 fully saturated rings. The van der Waals surface area contributed by atoms with Crippen LogP contribution in [0.25, 0.3) is 0 Å². The SMILES string of the molecule is CCCCCC(C(=O)O)C1(C(=O)c2c(C)cc(C)cc2C)CCCC1.O=P. The Morgan fingerprint density at radius 3 is 2.04 bits per heavy atom. The molecule has 0 aliphatic heterocycles. The Morgan fingerprint density at radius 2 is 1.59 bits per heavy atom. The Kier molecular flexibility index (Phi) is 9.32. The predicted octanol–water partition coefficient (Wildman–Crippen LogP) is 6.11. The van der Waals surface area contributed by atoms with Gasteiger partial charge in [-0.15, -0.1) is 0 Å². The van der Waals surface area contributed by atoms with Crippen LogP contribution in [0.5, 0.6) is 0 Å². The molecule has 5 heteroatoms. The van der Waals surface area contributed by atoms with Crippen molar-refractivity contribution >= 4 is 20.9 Å². The van der Waals surface area contributed by atoms with Gasteiger partial charge in [0.2, 0.25) is 0 Å². The molecule has 1 atom stereocenters. The molecule has 0 bridgehead atoms. The van der Waals surface area contributed by atoms with Crippen molar-refractivity contribution in [2.45, 2.75) is 79.1 Å². The molecule has 0 saturated heterocycles. The number of carbonyl (C=O) groups excluding carboxylic acids is 1. The fourth-order valence-corrected chi connectivity index (χ4v) is 4.76. The third kappa shape index (κ3) is 5.25. The van der Waals surface area contributed by atoms with Gasteiger partial charge in [-0.25, -0.2) is 0 Å². The number of carboxylic acids is 1. The number of Topliss-reactive ketones (excluding diaryl/α,β-unsaturated/α-hetero) is 1. The summed E-state index contributed by atoms with van der Waals surface area (Å²) >= 11 is 0. The second kappa shape index (κ2) is 10.7. The quantitative estimate of drug-likeness (QED) is 0.329. The molecule has 4 nitrogen and oxygen atoms in total. The van der Waals surface area contributed by atoms with E-state index < -0.39 is 17.3 Å². The van der Waals surface area contributed by atoms with Crippen LogP contribution in [0.15, 0.2) is 12.1 Å². The number of aryl methyl sites for hydroxylation is 3. The Balaban J connectivity index is 0.00000176. The van der Waals surface area contributed by atoms with E-state index in [0.717, 1.165) is 54.4 Å². The molecule has 1 N–H and O–H groups in total. The molecule has 2 rings (SSSR count). The fraction of sp³-hybridized carbons (Fsp3) is 0.636. The van der Waals surface area contributed by atoms with Gasteiger partial charge in [-0.2, -0.15) is 0 Å². The first kappa shape index (κ1) is 23.5. The van der Waals surface area contributed by atoms with E-state index in [9.17, 15) is 14.7 Å². The van der Waals surface area contributed by atoms with Gasteiger partial charge in [-0.3, -0.25) is 14.2 Å². The van der Waals surface area contributed by atoms with Crippen molar-refractivity contribution in [1.29, 1.82) is 0 Å². The number of carbonyl (C=O) groups is 2. The highest BCUT2D eigenvalue weighted by Crippen LogP contribution is 2.49. The molecule has 27 heavy (non-hydrogen) atoms. The van der Waals surface area contributed by atoms with Crippen LogP contribution in [0.4, 0.5) is 0 Å². The van der Waals surface area contributed by atoms with E-state index in [-0.39, 0.29) is 5.78 Å². The maximum absolute atomic E-state index is 13.6. The van der Waals surface area contributed by atoms with Crippen LogP contribution in [0, 0.1) is 32.1 Å². The van der Waals surface area contributed by atoms with E-state index in [0.29, 0.717) is 19.3 Å². The fourth-order valence-electron chi connectivity index (χ4n) is 4.76. The van der Waals surface area contributed by atoms with Gasteiger partial charge < -0.3 is 5.11 Å². The van der Waals surface area contributed by atoms with Crippen molar-refractivity contribution < 1.29 is 19.3 Å². The van der Waals surface area contributed by atoms with Gasteiger partial charge in [0, 0.05) is 11.0 Å². The third-order valence-electron chi connectivity index (χ3n) is 5.91. The van der Waals surface area contributed by atoms with E-state index in [1.165, 1.54) is 0 Å². The Labute approximate surface area is 165 Å². The highest BCUT2D eigenvalue weighted by atomic mass is 31.0. The molecule has 0 amide bonds. The number of carboxylic acid groups (broad SMARTS) is 1. The van der Waals surface area contributed by atoms with Gasteiger partial charge in [0.25, 0.3) is 0 Å². The van der Waals surface area contributed by atoms with Gasteiger partial charge in [-0.1, -0.05) is 56.7 Å². The number of ketones is 1. The Morgan fingerprint density at radius 1 is 1.07 bits per heavy atom. The monoisotopic (exact) mass is 392 g/mol.